The fourth-order valence-electron chi connectivity index (χ4n) is 5.04. The molecular formula is C37H57N3O8. The number of benzene rings is 2. The van der Waals surface area contributed by atoms with Crippen LogP contribution in [0, 0.1) is 11.8 Å². The molecule has 2 rings (SSSR count). The Morgan fingerprint density at radius 1 is 0.792 bits per heavy atom. The van der Waals surface area contributed by atoms with Crippen LogP contribution in [-0.2, 0) is 41.4 Å². The molecule has 2 aromatic carbocycles. The molecule has 11 heteroatoms. The van der Waals surface area contributed by atoms with Crippen LogP contribution in [0.1, 0.15) is 58.6 Å². The molecule has 0 aliphatic rings. The van der Waals surface area contributed by atoms with E-state index >= 15 is 0 Å². The Bertz CT molecular complexity index is 1190. The third-order valence-corrected chi connectivity index (χ3v) is 7.83. The summed E-state index contributed by atoms with van der Waals surface area (Å²) < 4.78 is 21.3. The van der Waals surface area contributed by atoms with Crippen LogP contribution in [0.15, 0.2) is 60.7 Å². The molecule has 0 saturated carbocycles. The van der Waals surface area contributed by atoms with Crippen LogP contribution in [0.3, 0.4) is 0 Å². The molecule has 0 heterocycles. The van der Waals surface area contributed by atoms with Crippen molar-refractivity contribution in [3.8, 4) is 0 Å². The quantitative estimate of drug-likeness (QED) is 0.137. The molecule has 48 heavy (non-hydrogen) atoms. The largest absolute Gasteiger partial charge is 0.444 e. The van der Waals surface area contributed by atoms with Crippen molar-refractivity contribution in [3.63, 3.8) is 0 Å². The van der Waals surface area contributed by atoms with Crippen LogP contribution in [0.5, 0.6) is 0 Å². The molecule has 3 amide bonds. The summed E-state index contributed by atoms with van der Waals surface area (Å²) in [5.74, 6) is -1.49. The van der Waals surface area contributed by atoms with Gasteiger partial charge in [0.25, 0.3) is 0 Å². The third-order valence-electron chi connectivity index (χ3n) is 7.83. The highest BCUT2D eigenvalue weighted by molar-refractivity contribution is 5.88. The monoisotopic (exact) mass is 671 g/mol. The van der Waals surface area contributed by atoms with E-state index in [1.807, 2.05) is 74.5 Å². The van der Waals surface area contributed by atoms with Crippen LogP contribution < -0.4 is 16.0 Å². The van der Waals surface area contributed by atoms with Crippen LogP contribution in [0.4, 0.5) is 4.79 Å². The Labute approximate surface area is 286 Å². The lowest BCUT2D eigenvalue weighted by Crippen LogP contribution is -2.53. The van der Waals surface area contributed by atoms with Crippen molar-refractivity contribution in [2.75, 3.05) is 46.7 Å². The van der Waals surface area contributed by atoms with E-state index in [0.29, 0.717) is 52.3 Å². The fraction of sp³-hybridized carbons (Fsp3) is 0.595. The minimum absolute atomic E-state index is 0.0448. The normalized spacial score (nSPS) is 14.6. The van der Waals surface area contributed by atoms with Gasteiger partial charge in [0.15, 0.2) is 0 Å². The Morgan fingerprint density at radius 3 is 1.92 bits per heavy atom. The zero-order chi connectivity index (χ0) is 35.4. The van der Waals surface area contributed by atoms with Gasteiger partial charge in [-0.05, 0) is 57.1 Å². The first-order valence-electron chi connectivity index (χ1n) is 16.9. The summed E-state index contributed by atoms with van der Waals surface area (Å²) in [6.45, 7) is 11.6. The first kappa shape index (κ1) is 40.7. The van der Waals surface area contributed by atoms with E-state index in [1.165, 1.54) is 0 Å². The number of methoxy groups -OCH3 is 1. The number of carbonyl (C=O) groups excluding carboxylic acids is 3. The van der Waals surface area contributed by atoms with Crippen LogP contribution in [0.25, 0.3) is 0 Å². The van der Waals surface area contributed by atoms with Gasteiger partial charge in [0, 0.05) is 19.6 Å². The second-order valence-electron chi connectivity index (χ2n) is 13.0. The number of nitrogens with one attached hydrogen (secondary N) is 3. The number of hydrogen-bond donors (Lipinski definition) is 4. The van der Waals surface area contributed by atoms with E-state index in [1.54, 1.807) is 27.9 Å². The van der Waals surface area contributed by atoms with Gasteiger partial charge in [-0.2, -0.15) is 0 Å². The summed E-state index contributed by atoms with van der Waals surface area (Å²) in [4.78, 5) is 40.1. The molecule has 1 unspecified atom stereocenters. The van der Waals surface area contributed by atoms with Crippen LogP contribution in [-0.4, -0.2) is 93.5 Å². The Balaban J connectivity index is 2.16. The average molecular weight is 672 g/mol. The highest BCUT2D eigenvalue weighted by atomic mass is 16.6. The zero-order valence-electron chi connectivity index (χ0n) is 29.5. The average Bonchev–Trinajstić information content (AvgIpc) is 3.05. The minimum atomic E-state index is -1.09. The third kappa shape index (κ3) is 16.5. The molecule has 0 aliphatic carbocycles. The van der Waals surface area contributed by atoms with Gasteiger partial charge < -0.3 is 40.0 Å². The van der Waals surface area contributed by atoms with Gasteiger partial charge in [0.2, 0.25) is 11.8 Å². The van der Waals surface area contributed by atoms with Gasteiger partial charge >= 0.3 is 6.09 Å². The number of ether oxygens (including phenoxy) is 4. The molecule has 0 aromatic heterocycles. The fourth-order valence-corrected chi connectivity index (χ4v) is 5.04. The number of rotatable bonds is 22. The van der Waals surface area contributed by atoms with E-state index in [2.05, 4.69) is 16.0 Å². The van der Waals surface area contributed by atoms with E-state index in [9.17, 15) is 19.5 Å². The standard InChI is InChI=1S/C37H57N3O8/c1-7-27(2)33(35(43)38-18-19-46-22-23-47-21-20-45-6)40-34(42)30(24-28-14-10-8-11-15-28)26-32(41)31(25-29-16-12-9-13-17-29)39-36(44)48-37(3,4)5/h8-17,27,30-33,41H,7,18-26H2,1-6H3,(H,38,43)(H,39,44)(H,40,42)/t27-,30?,31-,32-,33+/m0/s1. The minimum Gasteiger partial charge on any atom is -0.444 e. The number of amides is 3. The van der Waals surface area contributed by atoms with Crippen molar-refractivity contribution in [1.29, 1.82) is 0 Å². The van der Waals surface area contributed by atoms with Gasteiger partial charge in [-0.25, -0.2) is 4.79 Å². The summed E-state index contributed by atoms with van der Waals surface area (Å²) in [7, 11) is 1.61. The highest BCUT2D eigenvalue weighted by Crippen LogP contribution is 2.20. The molecule has 268 valence electrons. The van der Waals surface area contributed by atoms with Gasteiger partial charge in [0.1, 0.15) is 11.6 Å². The lowest BCUT2D eigenvalue weighted by molar-refractivity contribution is -0.133. The molecule has 11 nitrogen and oxygen atoms in total. The molecule has 0 radical (unpaired) electrons. The maximum absolute atomic E-state index is 14.0. The van der Waals surface area contributed by atoms with Crippen LogP contribution in [0.2, 0.25) is 0 Å². The second kappa shape index (κ2) is 22.2. The highest BCUT2D eigenvalue weighted by Gasteiger charge is 2.33. The summed E-state index contributed by atoms with van der Waals surface area (Å²) in [6, 6.07) is 17.5. The number of alkyl carbamates (subject to hydrolysis) is 1. The van der Waals surface area contributed by atoms with Crippen molar-refractivity contribution < 1.29 is 38.4 Å². The summed E-state index contributed by atoms with van der Waals surface area (Å²) in [5.41, 5.74) is 1.10. The van der Waals surface area contributed by atoms with Gasteiger partial charge in [-0.1, -0.05) is 80.9 Å². The Kier molecular flexibility index (Phi) is 18.8. The maximum Gasteiger partial charge on any atom is 0.407 e. The molecule has 0 saturated heterocycles. The molecule has 4 N–H and O–H groups in total. The molecule has 0 fully saturated rings. The smallest absolute Gasteiger partial charge is 0.407 e. The van der Waals surface area contributed by atoms with Crippen molar-refractivity contribution in [3.05, 3.63) is 71.8 Å². The summed E-state index contributed by atoms with van der Waals surface area (Å²) >= 11 is 0. The van der Waals surface area contributed by atoms with E-state index in [-0.39, 0.29) is 30.7 Å². The topological polar surface area (TPSA) is 144 Å². The molecular weight excluding hydrogens is 614 g/mol. The van der Waals surface area contributed by atoms with Crippen molar-refractivity contribution in [1.82, 2.24) is 16.0 Å². The first-order chi connectivity index (χ1) is 22.9. The zero-order valence-corrected chi connectivity index (χ0v) is 29.5. The lowest BCUT2D eigenvalue weighted by atomic mass is 9.88. The molecule has 0 spiro atoms. The summed E-state index contributed by atoms with van der Waals surface area (Å²) in [5, 5.41) is 20.3. The second-order valence-corrected chi connectivity index (χ2v) is 13.0. The molecule has 0 aliphatic heterocycles. The maximum atomic E-state index is 14.0. The summed E-state index contributed by atoms with van der Waals surface area (Å²) in [6.07, 6.45) is -0.364. The van der Waals surface area contributed by atoms with Gasteiger partial charge in [-0.15, -0.1) is 0 Å². The Morgan fingerprint density at radius 2 is 1.35 bits per heavy atom. The van der Waals surface area contributed by atoms with Gasteiger partial charge in [-0.3, -0.25) is 9.59 Å². The number of carbonyl (C=O) groups is 3. The van der Waals surface area contributed by atoms with E-state index in [0.717, 1.165) is 11.1 Å². The Hall–Kier alpha value is -3.51. The lowest BCUT2D eigenvalue weighted by Gasteiger charge is -2.30. The molecule has 5 atom stereocenters. The number of aliphatic hydroxyl groups is 1. The van der Waals surface area contributed by atoms with Crippen molar-refractivity contribution in [2.24, 2.45) is 11.8 Å². The predicted octanol–water partition coefficient (Wildman–Crippen LogP) is 4.06. The number of aliphatic hydroxyl groups excluding tert-OH is 1. The SMILES string of the molecule is CC[C@H](C)[C@@H](NC(=O)C(Cc1ccccc1)C[C@H](O)[C@H](Cc1ccccc1)NC(=O)OC(C)(C)C)C(=O)NCCOCCOCCOC. The number of hydrogen-bond acceptors (Lipinski definition) is 8. The van der Waals surface area contributed by atoms with E-state index in [4.69, 9.17) is 18.9 Å². The van der Waals surface area contributed by atoms with Gasteiger partial charge in [0.05, 0.1) is 45.2 Å². The molecule has 2 aromatic rings. The van der Waals surface area contributed by atoms with Crippen molar-refractivity contribution in [2.45, 2.75) is 84.1 Å². The molecule has 0 bridgehead atoms. The first-order valence-corrected chi connectivity index (χ1v) is 16.9. The van der Waals surface area contributed by atoms with Crippen LogP contribution >= 0.6 is 0 Å². The van der Waals surface area contributed by atoms with E-state index < -0.39 is 35.8 Å². The van der Waals surface area contributed by atoms with Crippen molar-refractivity contribution >= 4 is 17.9 Å². The predicted molar refractivity (Wildman–Crippen MR) is 185 cm³/mol.